The van der Waals surface area contributed by atoms with Crippen molar-refractivity contribution in [2.24, 2.45) is 0 Å². The zero-order valence-corrected chi connectivity index (χ0v) is 8.75. The fourth-order valence-corrected chi connectivity index (χ4v) is 1.66. The van der Waals surface area contributed by atoms with Crippen LogP contribution in [-0.2, 0) is 11.8 Å². The van der Waals surface area contributed by atoms with Gasteiger partial charge < -0.3 is 5.11 Å². The highest BCUT2D eigenvalue weighted by molar-refractivity contribution is 5.22. The second kappa shape index (κ2) is 3.31. The van der Waals surface area contributed by atoms with Crippen LogP contribution in [0.5, 0.6) is 0 Å². The van der Waals surface area contributed by atoms with Crippen molar-refractivity contribution in [3.8, 4) is 0 Å². The summed E-state index contributed by atoms with van der Waals surface area (Å²) in [5, 5.41) is 9.28. The first-order valence-corrected chi connectivity index (χ1v) is 5.16. The van der Waals surface area contributed by atoms with E-state index in [2.05, 4.69) is 16.9 Å². The monoisotopic (exact) mass is 192 g/mol. The first kappa shape index (κ1) is 9.59. The Morgan fingerprint density at radius 1 is 1.43 bits per heavy atom. The molecule has 1 aliphatic rings. The molecule has 1 heterocycles. The van der Waals surface area contributed by atoms with Gasteiger partial charge in [0.2, 0.25) is 0 Å². The molecule has 0 spiro atoms. The molecule has 2 rings (SSSR count). The van der Waals surface area contributed by atoms with Crippen molar-refractivity contribution < 1.29 is 5.11 Å². The summed E-state index contributed by atoms with van der Waals surface area (Å²) in [6.45, 7) is 4.25. The molecule has 0 aromatic carbocycles. The van der Waals surface area contributed by atoms with Crippen LogP contribution in [0.1, 0.15) is 37.0 Å². The van der Waals surface area contributed by atoms with Gasteiger partial charge in [0.05, 0.1) is 12.0 Å². The van der Waals surface area contributed by atoms with Crippen molar-refractivity contribution in [3.05, 3.63) is 23.3 Å². The van der Waals surface area contributed by atoms with E-state index in [9.17, 15) is 5.11 Å². The molecule has 1 aliphatic carbocycles. The summed E-state index contributed by atoms with van der Waals surface area (Å²) in [7, 11) is 0. The number of hydrogen-bond acceptors (Lipinski definition) is 3. The highest BCUT2D eigenvalue weighted by atomic mass is 16.3. The molecule has 0 aliphatic heterocycles. The molecule has 0 saturated heterocycles. The molecule has 14 heavy (non-hydrogen) atoms. The smallest absolute Gasteiger partial charge is 0.137 e. The van der Waals surface area contributed by atoms with Gasteiger partial charge in [0, 0.05) is 11.4 Å². The molecule has 3 heteroatoms. The molecule has 0 amide bonds. The lowest BCUT2D eigenvalue weighted by atomic mass is 10.1. The average Bonchev–Trinajstić information content (AvgIpc) is 2.97. The third kappa shape index (κ3) is 1.52. The fourth-order valence-electron chi connectivity index (χ4n) is 1.66. The summed E-state index contributed by atoms with van der Waals surface area (Å²) in [4.78, 5) is 8.90. The summed E-state index contributed by atoms with van der Waals surface area (Å²) in [5.74, 6) is 0.844. The van der Waals surface area contributed by atoms with Crippen molar-refractivity contribution in [2.45, 2.75) is 38.5 Å². The van der Waals surface area contributed by atoms with E-state index >= 15 is 0 Å². The Morgan fingerprint density at radius 2 is 2.14 bits per heavy atom. The van der Waals surface area contributed by atoms with E-state index in [-0.39, 0.29) is 12.0 Å². The highest BCUT2D eigenvalue weighted by Crippen LogP contribution is 2.45. The Kier molecular flexibility index (Phi) is 2.27. The number of aryl methyl sites for hydroxylation is 2. The average molecular weight is 192 g/mol. The molecule has 1 fully saturated rings. The fraction of sp³-hybridized carbons (Fsp3) is 0.636. The molecule has 0 radical (unpaired) electrons. The number of aliphatic hydroxyl groups is 1. The Balaban J connectivity index is 2.38. The van der Waals surface area contributed by atoms with Crippen molar-refractivity contribution >= 4 is 0 Å². The molecule has 1 saturated carbocycles. The summed E-state index contributed by atoms with van der Waals surface area (Å²) in [5.41, 5.74) is 1.98. The van der Waals surface area contributed by atoms with E-state index in [0.29, 0.717) is 0 Å². The van der Waals surface area contributed by atoms with E-state index in [1.807, 2.05) is 13.0 Å². The molecule has 0 unspecified atom stereocenters. The number of hydrogen-bond donors (Lipinski definition) is 1. The topological polar surface area (TPSA) is 46.0 Å². The van der Waals surface area contributed by atoms with Crippen LogP contribution in [0, 0.1) is 6.92 Å². The van der Waals surface area contributed by atoms with Crippen molar-refractivity contribution in [2.75, 3.05) is 6.61 Å². The quantitative estimate of drug-likeness (QED) is 0.786. The summed E-state index contributed by atoms with van der Waals surface area (Å²) < 4.78 is 0. The lowest BCUT2D eigenvalue weighted by Gasteiger charge is -2.11. The molecule has 1 N–H and O–H groups in total. The lowest BCUT2D eigenvalue weighted by Crippen LogP contribution is -2.17. The van der Waals surface area contributed by atoms with Gasteiger partial charge in [-0.2, -0.15) is 0 Å². The molecule has 76 valence electrons. The maximum Gasteiger partial charge on any atom is 0.137 e. The predicted octanol–water partition coefficient (Wildman–Crippen LogP) is 1.37. The molecular weight excluding hydrogens is 176 g/mol. The zero-order chi connectivity index (χ0) is 10.2. The van der Waals surface area contributed by atoms with Gasteiger partial charge in [0.15, 0.2) is 0 Å². The normalized spacial score (nSPS) is 18.2. The van der Waals surface area contributed by atoms with Gasteiger partial charge in [0.25, 0.3) is 0 Å². The summed E-state index contributed by atoms with van der Waals surface area (Å²) >= 11 is 0. The SMILES string of the molecule is CCc1cc(C)nc(C2(CO)CC2)n1. The molecule has 0 bridgehead atoms. The number of rotatable bonds is 3. The highest BCUT2D eigenvalue weighted by Gasteiger charge is 2.46. The minimum Gasteiger partial charge on any atom is -0.395 e. The van der Waals surface area contributed by atoms with Crippen LogP contribution >= 0.6 is 0 Å². The van der Waals surface area contributed by atoms with Crippen molar-refractivity contribution in [1.29, 1.82) is 0 Å². The van der Waals surface area contributed by atoms with Gasteiger partial charge in [-0.1, -0.05) is 6.92 Å². The molecule has 3 nitrogen and oxygen atoms in total. The number of aliphatic hydroxyl groups excluding tert-OH is 1. The van der Waals surface area contributed by atoms with Crippen LogP contribution in [0.2, 0.25) is 0 Å². The van der Waals surface area contributed by atoms with Gasteiger partial charge in [-0.3, -0.25) is 0 Å². The molecule has 1 aromatic heterocycles. The number of aromatic nitrogens is 2. The van der Waals surface area contributed by atoms with E-state index in [4.69, 9.17) is 0 Å². The van der Waals surface area contributed by atoms with Gasteiger partial charge in [-0.05, 0) is 32.3 Å². The second-order valence-electron chi connectivity index (χ2n) is 4.12. The van der Waals surface area contributed by atoms with Gasteiger partial charge in [-0.15, -0.1) is 0 Å². The Labute approximate surface area is 84.2 Å². The summed E-state index contributed by atoms with van der Waals surface area (Å²) in [6, 6.07) is 2.01. The Morgan fingerprint density at radius 3 is 2.64 bits per heavy atom. The first-order valence-electron chi connectivity index (χ1n) is 5.16. The van der Waals surface area contributed by atoms with Crippen LogP contribution < -0.4 is 0 Å². The second-order valence-corrected chi connectivity index (χ2v) is 4.12. The molecular formula is C11H16N2O. The van der Waals surface area contributed by atoms with E-state index < -0.39 is 0 Å². The largest absolute Gasteiger partial charge is 0.395 e. The van der Waals surface area contributed by atoms with Gasteiger partial charge in [0.1, 0.15) is 5.82 Å². The maximum absolute atomic E-state index is 9.28. The zero-order valence-electron chi connectivity index (χ0n) is 8.75. The van der Waals surface area contributed by atoms with E-state index in [1.54, 1.807) is 0 Å². The summed E-state index contributed by atoms with van der Waals surface area (Å²) in [6.07, 6.45) is 2.98. The lowest BCUT2D eigenvalue weighted by molar-refractivity contribution is 0.249. The third-order valence-corrected chi connectivity index (χ3v) is 2.90. The van der Waals surface area contributed by atoms with Crippen LogP contribution in [0.4, 0.5) is 0 Å². The van der Waals surface area contributed by atoms with Crippen LogP contribution in [-0.4, -0.2) is 21.7 Å². The molecule has 1 aromatic rings. The standard InChI is InChI=1S/C11H16N2O/c1-3-9-6-8(2)12-10(13-9)11(7-14)4-5-11/h6,14H,3-5,7H2,1-2H3. The van der Waals surface area contributed by atoms with Crippen LogP contribution in [0.15, 0.2) is 6.07 Å². The molecule has 0 atom stereocenters. The minimum absolute atomic E-state index is 0.101. The predicted molar refractivity (Wildman–Crippen MR) is 54.1 cm³/mol. The third-order valence-electron chi connectivity index (χ3n) is 2.90. The van der Waals surface area contributed by atoms with E-state index in [1.165, 1.54) is 0 Å². The maximum atomic E-state index is 9.28. The van der Waals surface area contributed by atoms with Crippen LogP contribution in [0.25, 0.3) is 0 Å². The van der Waals surface area contributed by atoms with Gasteiger partial charge >= 0.3 is 0 Å². The van der Waals surface area contributed by atoms with Crippen LogP contribution in [0.3, 0.4) is 0 Å². The van der Waals surface area contributed by atoms with Crippen molar-refractivity contribution in [1.82, 2.24) is 9.97 Å². The Bertz CT molecular complexity index is 345. The van der Waals surface area contributed by atoms with Gasteiger partial charge in [-0.25, -0.2) is 9.97 Å². The minimum atomic E-state index is -0.101. The first-order chi connectivity index (χ1) is 6.70. The van der Waals surface area contributed by atoms with Crippen molar-refractivity contribution in [3.63, 3.8) is 0 Å². The van der Waals surface area contributed by atoms with E-state index in [0.717, 1.165) is 36.5 Å². The Hall–Kier alpha value is -0.960. The number of nitrogens with zero attached hydrogens (tertiary/aromatic N) is 2.